The van der Waals surface area contributed by atoms with Crippen molar-refractivity contribution in [1.82, 2.24) is 9.88 Å². The lowest BCUT2D eigenvalue weighted by Crippen LogP contribution is -2.31. The van der Waals surface area contributed by atoms with Gasteiger partial charge in [-0.25, -0.2) is 4.98 Å². The third-order valence-electron chi connectivity index (χ3n) is 3.49. The average Bonchev–Trinajstić information content (AvgIpc) is 2.78. The van der Waals surface area contributed by atoms with Crippen LogP contribution in [0, 0.1) is 0 Å². The fourth-order valence-electron chi connectivity index (χ4n) is 2.39. The van der Waals surface area contributed by atoms with E-state index in [2.05, 4.69) is 10.3 Å². The number of anilines is 1. The van der Waals surface area contributed by atoms with E-state index >= 15 is 0 Å². The van der Waals surface area contributed by atoms with Crippen LogP contribution < -0.4 is 5.32 Å². The van der Waals surface area contributed by atoms with Gasteiger partial charge in [0.25, 0.3) is 11.8 Å². The van der Waals surface area contributed by atoms with E-state index in [-0.39, 0.29) is 11.8 Å². The SMILES string of the molecule is O=C1c2ccccc2C(=O)N1CCCNc1ccc(Cl)nc1. The summed E-state index contributed by atoms with van der Waals surface area (Å²) in [6.07, 6.45) is 2.30. The molecule has 0 saturated carbocycles. The number of nitrogens with one attached hydrogen (secondary N) is 1. The Morgan fingerprint density at radius 3 is 2.32 bits per heavy atom. The van der Waals surface area contributed by atoms with Crippen LogP contribution in [0.25, 0.3) is 0 Å². The summed E-state index contributed by atoms with van der Waals surface area (Å²) in [5.74, 6) is -0.428. The molecule has 6 heteroatoms. The zero-order valence-electron chi connectivity index (χ0n) is 11.8. The lowest BCUT2D eigenvalue weighted by atomic mass is 10.1. The summed E-state index contributed by atoms with van der Waals surface area (Å²) in [7, 11) is 0. The summed E-state index contributed by atoms with van der Waals surface area (Å²) in [6, 6.07) is 10.4. The van der Waals surface area contributed by atoms with E-state index in [0.717, 1.165) is 5.69 Å². The number of imide groups is 1. The van der Waals surface area contributed by atoms with Gasteiger partial charge < -0.3 is 5.32 Å². The van der Waals surface area contributed by atoms with Gasteiger partial charge in [0.05, 0.1) is 23.0 Å². The van der Waals surface area contributed by atoms with Crippen molar-refractivity contribution in [3.8, 4) is 0 Å². The minimum atomic E-state index is -0.214. The summed E-state index contributed by atoms with van der Waals surface area (Å²) < 4.78 is 0. The molecule has 1 aliphatic heterocycles. The number of halogens is 1. The van der Waals surface area contributed by atoms with Crippen LogP contribution in [0.5, 0.6) is 0 Å². The zero-order valence-corrected chi connectivity index (χ0v) is 12.5. The summed E-state index contributed by atoms with van der Waals surface area (Å²) in [5, 5.41) is 3.62. The van der Waals surface area contributed by atoms with E-state index in [9.17, 15) is 9.59 Å². The molecule has 22 heavy (non-hydrogen) atoms. The lowest BCUT2D eigenvalue weighted by Gasteiger charge is -2.14. The average molecular weight is 316 g/mol. The summed E-state index contributed by atoms with van der Waals surface area (Å²) in [6.45, 7) is 1.02. The highest BCUT2D eigenvalue weighted by molar-refractivity contribution is 6.29. The van der Waals surface area contributed by atoms with Crippen LogP contribution in [0.1, 0.15) is 27.1 Å². The molecule has 112 valence electrons. The number of nitrogens with zero attached hydrogens (tertiary/aromatic N) is 2. The molecule has 5 nitrogen and oxygen atoms in total. The van der Waals surface area contributed by atoms with Gasteiger partial charge in [-0.2, -0.15) is 0 Å². The van der Waals surface area contributed by atoms with Gasteiger partial charge in [0, 0.05) is 13.1 Å². The number of pyridine rings is 1. The topological polar surface area (TPSA) is 62.3 Å². The zero-order chi connectivity index (χ0) is 15.5. The standard InChI is InChI=1S/C16H14ClN3O2/c17-14-7-6-11(10-19-14)18-8-3-9-20-15(21)12-4-1-2-5-13(12)16(20)22/h1-2,4-7,10,18H,3,8-9H2. The van der Waals surface area contributed by atoms with Crippen molar-refractivity contribution in [2.75, 3.05) is 18.4 Å². The van der Waals surface area contributed by atoms with Gasteiger partial charge in [0.2, 0.25) is 0 Å². The fraction of sp³-hybridized carbons (Fsp3) is 0.188. The third-order valence-corrected chi connectivity index (χ3v) is 3.72. The van der Waals surface area contributed by atoms with Crippen LogP contribution in [-0.4, -0.2) is 34.8 Å². The number of benzene rings is 1. The first-order chi connectivity index (χ1) is 10.7. The molecule has 3 rings (SSSR count). The van der Waals surface area contributed by atoms with Gasteiger partial charge in [-0.1, -0.05) is 23.7 Å². The van der Waals surface area contributed by atoms with E-state index in [1.807, 2.05) is 6.07 Å². The molecular formula is C16H14ClN3O2. The van der Waals surface area contributed by atoms with E-state index in [4.69, 9.17) is 11.6 Å². The van der Waals surface area contributed by atoms with Gasteiger partial charge in [0.15, 0.2) is 0 Å². The molecule has 2 amide bonds. The Kier molecular flexibility index (Phi) is 4.06. The predicted octanol–water partition coefficient (Wildman–Crippen LogP) is 2.83. The molecule has 2 heterocycles. The van der Waals surface area contributed by atoms with Gasteiger partial charge in [-0.05, 0) is 30.7 Å². The molecule has 0 unspecified atom stereocenters. The van der Waals surface area contributed by atoms with Crippen molar-refractivity contribution in [3.63, 3.8) is 0 Å². The Labute approximate surface area is 132 Å². The second-order valence-electron chi connectivity index (χ2n) is 4.96. The largest absolute Gasteiger partial charge is 0.384 e. The number of hydrogen-bond donors (Lipinski definition) is 1. The Bertz CT molecular complexity index is 681. The van der Waals surface area contributed by atoms with Crippen molar-refractivity contribution in [2.24, 2.45) is 0 Å². The first kappa shape index (κ1) is 14.5. The van der Waals surface area contributed by atoms with Crippen molar-refractivity contribution in [2.45, 2.75) is 6.42 Å². The van der Waals surface area contributed by atoms with Crippen LogP contribution >= 0.6 is 11.6 Å². The van der Waals surface area contributed by atoms with E-state index in [1.165, 1.54) is 4.90 Å². The van der Waals surface area contributed by atoms with E-state index in [0.29, 0.717) is 35.8 Å². The molecule has 0 spiro atoms. The van der Waals surface area contributed by atoms with Crippen LogP contribution in [0.4, 0.5) is 5.69 Å². The molecule has 0 radical (unpaired) electrons. The molecule has 1 N–H and O–H groups in total. The van der Waals surface area contributed by atoms with Crippen molar-refractivity contribution in [3.05, 3.63) is 58.9 Å². The Hall–Kier alpha value is -2.40. The normalized spacial score (nSPS) is 13.4. The monoisotopic (exact) mass is 315 g/mol. The maximum Gasteiger partial charge on any atom is 0.261 e. The lowest BCUT2D eigenvalue weighted by molar-refractivity contribution is 0.0654. The van der Waals surface area contributed by atoms with Gasteiger partial charge in [-0.15, -0.1) is 0 Å². The highest BCUT2D eigenvalue weighted by Gasteiger charge is 2.34. The number of fused-ring (bicyclic) bond motifs is 1. The number of amides is 2. The summed E-state index contributed by atoms with van der Waals surface area (Å²) in [5.41, 5.74) is 1.83. The quantitative estimate of drug-likeness (QED) is 0.523. The third kappa shape index (κ3) is 2.80. The first-order valence-corrected chi connectivity index (χ1v) is 7.35. The Morgan fingerprint density at radius 1 is 1.05 bits per heavy atom. The molecule has 0 aliphatic carbocycles. The highest BCUT2D eigenvalue weighted by atomic mass is 35.5. The van der Waals surface area contributed by atoms with Crippen LogP contribution in [-0.2, 0) is 0 Å². The fourth-order valence-corrected chi connectivity index (χ4v) is 2.50. The van der Waals surface area contributed by atoms with Gasteiger partial charge in [0.1, 0.15) is 5.15 Å². The number of rotatable bonds is 5. The van der Waals surface area contributed by atoms with Gasteiger partial charge in [-0.3, -0.25) is 14.5 Å². The number of aromatic nitrogens is 1. The van der Waals surface area contributed by atoms with Crippen molar-refractivity contribution < 1.29 is 9.59 Å². The molecule has 1 aliphatic rings. The van der Waals surface area contributed by atoms with Crippen LogP contribution in [0.15, 0.2) is 42.6 Å². The molecule has 0 saturated heterocycles. The minimum Gasteiger partial charge on any atom is -0.384 e. The number of carbonyl (C=O) groups excluding carboxylic acids is 2. The Balaban J connectivity index is 1.54. The van der Waals surface area contributed by atoms with Gasteiger partial charge >= 0.3 is 0 Å². The molecule has 0 atom stereocenters. The molecule has 1 aromatic heterocycles. The minimum absolute atomic E-state index is 0.214. The second kappa shape index (κ2) is 6.15. The maximum absolute atomic E-state index is 12.2. The number of carbonyl (C=O) groups is 2. The van der Waals surface area contributed by atoms with Crippen LogP contribution in [0.3, 0.4) is 0 Å². The maximum atomic E-state index is 12.2. The van der Waals surface area contributed by atoms with Crippen molar-refractivity contribution in [1.29, 1.82) is 0 Å². The van der Waals surface area contributed by atoms with Crippen LogP contribution in [0.2, 0.25) is 5.15 Å². The first-order valence-electron chi connectivity index (χ1n) is 6.97. The molecule has 0 bridgehead atoms. The second-order valence-corrected chi connectivity index (χ2v) is 5.34. The summed E-state index contributed by atoms with van der Waals surface area (Å²) in [4.78, 5) is 29.6. The van der Waals surface area contributed by atoms with E-state index < -0.39 is 0 Å². The summed E-state index contributed by atoms with van der Waals surface area (Å²) >= 11 is 5.71. The predicted molar refractivity (Wildman–Crippen MR) is 84.2 cm³/mol. The molecular weight excluding hydrogens is 302 g/mol. The van der Waals surface area contributed by atoms with Crippen molar-refractivity contribution >= 4 is 29.1 Å². The highest BCUT2D eigenvalue weighted by Crippen LogP contribution is 2.22. The Morgan fingerprint density at radius 2 is 1.73 bits per heavy atom. The smallest absolute Gasteiger partial charge is 0.261 e. The number of hydrogen-bond acceptors (Lipinski definition) is 4. The van der Waals surface area contributed by atoms with E-state index in [1.54, 1.807) is 36.5 Å². The molecule has 2 aromatic rings. The molecule has 1 aromatic carbocycles. The molecule has 0 fully saturated rings.